The number of esters is 1. The lowest BCUT2D eigenvalue weighted by atomic mass is 10.2. The number of alkyl halides is 3. The van der Waals surface area contributed by atoms with Crippen molar-refractivity contribution in [2.75, 3.05) is 6.61 Å². The van der Waals surface area contributed by atoms with E-state index >= 15 is 0 Å². The molecule has 0 spiro atoms. The van der Waals surface area contributed by atoms with Crippen LogP contribution in [0.2, 0.25) is 0 Å². The molecule has 3 aromatic carbocycles. The lowest BCUT2D eigenvalue weighted by molar-refractivity contribution is -0.150. The smallest absolute Gasteiger partial charge is 0.416 e. The molecule has 4 rings (SSSR count). The zero-order valence-corrected chi connectivity index (χ0v) is 19.9. The van der Waals surface area contributed by atoms with Crippen molar-refractivity contribution in [3.05, 3.63) is 84.1 Å². The van der Waals surface area contributed by atoms with E-state index in [2.05, 4.69) is 5.10 Å². The van der Waals surface area contributed by atoms with Gasteiger partial charge in [0.05, 0.1) is 23.4 Å². The SMILES string of the molecule is CCOC(=O)C(C)Oc1ccc(SCc2ccc3cn(-c4ccc(C(F)(F)F)cc4)nc3c2)cc1. The third kappa shape index (κ3) is 6.16. The minimum absolute atomic E-state index is 0.309. The second-order valence-electron chi connectivity index (χ2n) is 7.78. The molecule has 35 heavy (non-hydrogen) atoms. The fourth-order valence-corrected chi connectivity index (χ4v) is 4.22. The first kappa shape index (κ1) is 24.7. The Labute approximate surface area is 204 Å². The van der Waals surface area contributed by atoms with Crippen LogP contribution in [0.5, 0.6) is 5.75 Å². The molecule has 0 saturated carbocycles. The standard InChI is InChI=1S/C26H23F3N2O3S/c1-3-33-25(32)17(2)34-22-10-12-23(13-11-22)35-16-18-4-5-19-15-31(30-24(19)14-18)21-8-6-20(7-9-21)26(27,28)29/h4-15,17H,3,16H2,1-2H3. The van der Waals surface area contributed by atoms with Crippen LogP contribution >= 0.6 is 11.8 Å². The zero-order valence-electron chi connectivity index (χ0n) is 19.1. The molecule has 1 unspecified atom stereocenters. The Morgan fingerprint density at radius 1 is 1.06 bits per heavy atom. The second-order valence-corrected chi connectivity index (χ2v) is 8.83. The Bertz CT molecular complexity index is 1300. The van der Waals surface area contributed by atoms with Gasteiger partial charge in [0.2, 0.25) is 0 Å². The molecule has 182 valence electrons. The highest BCUT2D eigenvalue weighted by Crippen LogP contribution is 2.30. The summed E-state index contributed by atoms with van der Waals surface area (Å²) in [5.74, 6) is 0.898. The van der Waals surface area contributed by atoms with Gasteiger partial charge in [0.1, 0.15) is 5.75 Å². The normalized spacial score (nSPS) is 12.5. The molecule has 1 atom stereocenters. The summed E-state index contributed by atoms with van der Waals surface area (Å²) in [6.07, 6.45) is -3.25. The number of benzene rings is 3. The lowest BCUT2D eigenvalue weighted by Crippen LogP contribution is -2.25. The molecular formula is C26H23F3N2O3S. The molecule has 0 aliphatic carbocycles. The summed E-state index contributed by atoms with van der Waals surface area (Å²) in [6, 6.07) is 18.3. The van der Waals surface area contributed by atoms with Crippen molar-refractivity contribution in [3.63, 3.8) is 0 Å². The predicted octanol–water partition coefficient (Wildman–Crippen LogP) is 6.67. The first-order valence-electron chi connectivity index (χ1n) is 10.9. The van der Waals surface area contributed by atoms with Gasteiger partial charge in [-0.2, -0.15) is 18.3 Å². The largest absolute Gasteiger partial charge is 0.479 e. The van der Waals surface area contributed by atoms with Crippen LogP contribution in [0.15, 0.2) is 77.8 Å². The fourth-order valence-electron chi connectivity index (χ4n) is 3.38. The number of ether oxygens (including phenoxy) is 2. The Morgan fingerprint density at radius 2 is 1.77 bits per heavy atom. The van der Waals surface area contributed by atoms with E-state index < -0.39 is 23.8 Å². The maximum atomic E-state index is 12.8. The van der Waals surface area contributed by atoms with E-state index in [1.807, 2.05) is 42.5 Å². The number of thioether (sulfide) groups is 1. The number of aromatic nitrogens is 2. The first-order valence-corrected chi connectivity index (χ1v) is 11.9. The van der Waals surface area contributed by atoms with Gasteiger partial charge in [0.25, 0.3) is 0 Å². The van der Waals surface area contributed by atoms with E-state index in [0.717, 1.165) is 33.5 Å². The summed E-state index contributed by atoms with van der Waals surface area (Å²) >= 11 is 1.64. The average molecular weight is 501 g/mol. The molecule has 5 nitrogen and oxygen atoms in total. The summed E-state index contributed by atoms with van der Waals surface area (Å²) in [5, 5.41) is 5.43. The summed E-state index contributed by atoms with van der Waals surface area (Å²) in [6.45, 7) is 3.71. The van der Waals surface area contributed by atoms with E-state index in [1.54, 1.807) is 36.5 Å². The molecule has 0 N–H and O–H groups in total. The average Bonchev–Trinajstić information content (AvgIpc) is 3.27. The number of rotatable bonds is 8. The molecule has 0 saturated heterocycles. The number of carbonyl (C=O) groups excluding carboxylic acids is 1. The number of hydrogen-bond acceptors (Lipinski definition) is 5. The Hall–Kier alpha value is -3.46. The minimum Gasteiger partial charge on any atom is -0.479 e. The molecule has 0 aliphatic heterocycles. The van der Waals surface area contributed by atoms with Crippen LogP contribution in [0.4, 0.5) is 13.2 Å². The topological polar surface area (TPSA) is 53.4 Å². The summed E-state index contributed by atoms with van der Waals surface area (Å²) < 4.78 is 50.6. The molecular weight excluding hydrogens is 477 g/mol. The van der Waals surface area contributed by atoms with Gasteiger partial charge in [-0.25, -0.2) is 9.48 Å². The number of nitrogens with zero attached hydrogens (tertiary/aromatic N) is 2. The van der Waals surface area contributed by atoms with Crippen LogP contribution in [-0.2, 0) is 21.5 Å². The van der Waals surface area contributed by atoms with Crippen molar-refractivity contribution in [3.8, 4) is 11.4 Å². The van der Waals surface area contributed by atoms with Crippen molar-refractivity contribution < 1.29 is 27.4 Å². The van der Waals surface area contributed by atoms with Gasteiger partial charge in [-0.15, -0.1) is 11.8 Å². The van der Waals surface area contributed by atoms with Crippen molar-refractivity contribution in [1.82, 2.24) is 9.78 Å². The van der Waals surface area contributed by atoms with Crippen LogP contribution in [0.25, 0.3) is 16.6 Å². The maximum absolute atomic E-state index is 12.8. The molecule has 1 heterocycles. The van der Waals surface area contributed by atoms with Gasteiger partial charge in [0.15, 0.2) is 6.10 Å². The van der Waals surface area contributed by atoms with Crippen LogP contribution < -0.4 is 4.74 Å². The highest BCUT2D eigenvalue weighted by Gasteiger charge is 2.30. The fraction of sp³-hybridized carbons (Fsp3) is 0.231. The van der Waals surface area contributed by atoms with Gasteiger partial charge in [-0.3, -0.25) is 0 Å². The summed E-state index contributed by atoms with van der Waals surface area (Å²) in [7, 11) is 0. The van der Waals surface area contributed by atoms with Crippen LogP contribution in [0.1, 0.15) is 25.0 Å². The van der Waals surface area contributed by atoms with E-state index in [0.29, 0.717) is 23.8 Å². The Kier molecular flexibility index (Phi) is 7.35. The van der Waals surface area contributed by atoms with Gasteiger partial charge >= 0.3 is 12.1 Å². The number of fused-ring (bicyclic) bond motifs is 1. The molecule has 4 aromatic rings. The van der Waals surface area contributed by atoms with Crippen LogP contribution in [0, 0.1) is 0 Å². The third-order valence-corrected chi connectivity index (χ3v) is 6.27. The highest BCUT2D eigenvalue weighted by atomic mass is 32.2. The summed E-state index contributed by atoms with van der Waals surface area (Å²) in [5.41, 5.74) is 1.70. The molecule has 1 aromatic heterocycles. The lowest BCUT2D eigenvalue weighted by Gasteiger charge is -2.13. The second kappa shape index (κ2) is 10.4. The van der Waals surface area contributed by atoms with Crippen molar-refractivity contribution in [1.29, 1.82) is 0 Å². The molecule has 0 fully saturated rings. The van der Waals surface area contributed by atoms with Crippen molar-refractivity contribution in [2.45, 2.75) is 36.8 Å². The quantitative estimate of drug-likeness (QED) is 0.200. The molecule has 9 heteroatoms. The molecule has 0 aliphatic rings. The molecule has 0 amide bonds. The minimum atomic E-state index is -4.37. The first-order chi connectivity index (χ1) is 16.7. The van der Waals surface area contributed by atoms with Gasteiger partial charge in [-0.05, 0) is 74.0 Å². The summed E-state index contributed by atoms with van der Waals surface area (Å²) in [4.78, 5) is 12.7. The van der Waals surface area contributed by atoms with Crippen molar-refractivity contribution in [2.24, 2.45) is 0 Å². The number of carbonyl (C=O) groups is 1. The Balaban J connectivity index is 1.39. The maximum Gasteiger partial charge on any atom is 0.416 e. The number of hydrogen-bond donors (Lipinski definition) is 0. The van der Waals surface area contributed by atoms with E-state index in [9.17, 15) is 18.0 Å². The monoisotopic (exact) mass is 500 g/mol. The van der Waals surface area contributed by atoms with E-state index in [-0.39, 0.29) is 0 Å². The third-order valence-electron chi connectivity index (χ3n) is 5.19. The van der Waals surface area contributed by atoms with E-state index in [1.165, 1.54) is 12.1 Å². The van der Waals surface area contributed by atoms with E-state index in [4.69, 9.17) is 9.47 Å². The van der Waals surface area contributed by atoms with Crippen LogP contribution in [-0.4, -0.2) is 28.5 Å². The van der Waals surface area contributed by atoms with Gasteiger partial charge in [0, 0.05) is 22.2 Å². The van der Waals surface area contributed by atoms with Gasteiger partial charge in [-0.1, -0.05) is 12.1 Å². The molecule has 0 radical (unpaired) electrons. The van der Waals surface area contributed by atoms with Gasteiger partial charge < -0.3 is 9.47 Å². The zero-order chi connectivity index (χ0) is 25.0. The molecule has 0 bridgehead atoms. The van der Waals surface area contributed by atoms with Crippen LogP contribution in [0.3, 0.4) is 0 Å². The van der Waals surface area contributed by atoms with Crippen molar-refractivity contribution >= 4 is 28.6 Å². The Morgan fingerprint density at radius 3 is 2.43 bits per heavy atom. The number of halogens is 3. The predicted molar refractivity (Wildman–Crippen MR) is 129 cm³/mol. The highest BCUT2D eigenvalue weighted by molar-refractivity contribution is 7.98.